The summed E-state index contributed by atoms with van der Waals surface area (Å²) < 4.78 is 0. The molecule has 0 saturated carbocycles. The third-order valence-electron chi connectivity index (χ3n) is 1.87. The largest absolute Gasteiger partial charge is 0.480 e. The van der Waals surface area contributed by atoms with Crippen LogP contribution in [0.15, 0.2) is 0 Å². The van der Waals surface area contributed by atoms with Crippen LogP contribution in [0.25, 0.3) is 0 Å². The van der Waals surface area contributed by atoms with Crippen LogP contribution in [0.4, 0.5) is 0 Å². The molecule has 0 aliphatic rings. The number of aliphatic carboxylic acids is 1. The van der Waals surface area contributed by atoms with Gasteiger partial charge in [-0.2, -0.15) is 0 Å². The van der Waals surface area contributed by atoms with Gasteiger partial charge >= 0.3 is 5.97 Å². The lowest BCUT2D eigenvalue weighted by molar-refractivity contribution is -0.142. The normalized spacial score (nSPS) is 12.9. The van der Waals surface area contributed by atoms with Crippen molar-refractivity contribution in [3.63, 3.8) is 0 Å². The molecule has 6 N–H and O–H groups in total. The summed E-state index contributed by atoms with van der Waals surface area (Å²) >= 11 is 0. The van der Waals surface area contributed by atoms with Crippen LogP contribution in [0.2, 0.25) is 0 Å². The average molecular weight is 231 g/mol. The Bertz CT molecular complexity index is 296. The highest BCUT2D eigenvalue weighted by atomic mass is 16.4. The minimum Gasteiger partial charge on any atom is -0.480 e. The fourth-order valence-corrected chi connectivity index (χ4v) is 0.888. The van der Waals surface area contributed by atoms with E-state index in [0.29, 0.717) is 0 Å². The molecule has 0 aliphatic heterocycles. The standard InChI is InChI=1S/C9H17N3O4/c1-9(2,11)8(16)12-5(7(14)15)3-4-6(10)13/h5H,3-4,11H2,1-2H3,(H2,10,13)(H,12,16)(H,14,15)/t5-/m1/s1. The Morgan fingerprint density at radius 2 is 1.88 bits per heavy atom. The summed E-state index contributed by atoms with van der Waals surface area (Å²) in [5.74, 6) is -2.43. The number of amides is 2. The number of nitrogens with two attached hydrogens (primary N) is 2. The minimum absolute atomic E-state index is 0.0491. The average Bonchev–Trinajstić information content (AvgIpc) is 2.09. The number of rotatable bonds is 6. The number of hydrogen-bond acceptors (Lipinski definition) is 4. The van der Waals surface area contributed by atoms with Gasteiger partial charge in [-0.25, -0.2) is 4.79 Å². The van der Waals surface area contributed by atoms with Crippen molar-refractivity contribution in [2.45, 2.75) is 38.3 Å². The molecule has 0 aromatic carbocycles. The van der Waals surface area contributed by atoms with Crippen molar-refractivity contribution >= 4 is 17.8 Å². The number of carbonyl (C=O) groups is 3. The maximum atomic E-state index is 11.4. The van der Waals surface area contributed by atoms with E-state index in [1.54, 1.807) is 0 Å². The maximum absolute atomic E-state index is 11.4. The third kappa shape index (κ3) is 5.30. The van der Waals surface area contributed by atoms with Crippen LogP contribution in [-0.4, -0.2) is 34.5 Å². The molecule has 0 saturated heterocycles. The molecule has 0 unspecified atom stereocenters. The molecular weight excluding hydrogens is 214 g/mol. The second kappa shape index (κ2) is 5.45. The maximum Gasteiger partial charge on any atom is 0.326 e. The van der Waals surface area contributed by atoms with Gasteiger partial charge in [-0.1, -0.05) is 0 Å². The lowest BCUT2D eigenvalue weighted by Gasteiger charge is -2.21. The SMILES string of the molecule is CC(C)(N)C(=O)N[C@H](CCC(N)=O)C(=O)O. The van der Waals surface area contributed by atoms with Crippen molar-refractivity contribution < 1.29 is 19.5 Å². The molecule has 0 aliphatic carbocycles. The van der Waals surface area contributed by atoms with Crippen molar-refractivity contribution in [3.8, 4) is 0 Å². The number of primary amides is 1. The van der Waals surface area contributed by atoms with Gasteiger partial charge in [0.1, 0.15) is 6.04 Å². The van der Waals surface area contributed by atoms with E-state index in [2.05, 4.69) is 5.32 Å². The quantitative estimate of drug-likeness (QED) is 0.444. The molecular formula is C9H17N3O4. The monoisotopic (exact) mass is 231 g/mol. The summed E-state index contributed by atoms with van der Waals surface area (Å²) in [6.45, 7) is 2.91. The zero-order chi connectivity index (χ0) is 12.9. The topological polar surface area (TPSA) is 136 Å². The van der Waals surface area contributed by atoms with E-state index in [0.717, 1.165) is 0 Å². The van der Waals surface area contributed by atoms with Gasteiger partial charge in [-0.3, -0.25) is 9.59 Å². The van der Waals surface area contributed by atoms with Crippen LogP contribution in [-0.2, 0) is 14.4 Å². The van der Waals surface area contributed by atoms with Gasteiger partial charge in [0.2, 0.25) is 11.8 Å². The highest BCUT2D eigenvalue weighted by Crippen LogP contribution is 2.02. The van der Waals surface area contributed by atoms with E-state index in [9.17, 15) is 14.4 Å². The second-order valence-electron chi connectivity index (χ2n) is 4.09. The first-order valence-corrected chi connectivity index (χ1v) is 4.75. The van der Waals surface area contributed by atoms with E-state index >= 15 is 0 Å². The smallest absolute Gasteiger partial charge is 0.326 e. The Kier molecular flexibility index (Phi) is 4.90. The predicted octanol–water partition coefficient (Wildman–Crippen LogP) is -1.44. The van der Waals surface area contributed by atoms with Gasteiger partial charge in [0.25, 0.3) is 0 Å². The Labute approximate surface area is 93.2 Å². The number of carboxylic acid groups (broad SMARTS) is 1. The zero-order valence-corrected chi connectivity index (χ0v) is 9.32. The summed E-state index contributed by atoms with van der Waals surface area (Å²) in [5, 5.41) is 11.0. The Morgan fingerprint density at radius 1 is 1.38 bits per heavy atom. The molecule has 16 heavy (non-hydrogen) atoms. The van der Waals surface area contributed by atoms with Crippen LogP contribution in [0.5, 0.6) is 0 Å². The van der Waals surface area contributed by atoms with Crippen molar-refractivity contribution in [2.75, 3.05) is 0 Å². The van der Waals surface area contributed by atoms with Crippen LogP contribution in [0, 0.1) is 0 Å². The minimum atomic E-state index is -1.22. The van der Waals surface area contributed by atoms with Crippen molar-refractivity contribution in [3.05, 3.63) is 0 Å². The van der Waals surface area contributed by atoms with E-state index in [1.165, 1.54) is 13.8 Å². The van der Waals surface area contributed by atoms with Gasteiger partial charge in [0, 0.05) is 6.42 Å². The molecule has 2 amide bonds. The molecule has 7 heteroatoms. The van der Waals surface area contributed by atoms with Gasteiger partial charge in [0.05, 0.1) is 5.54 Å². The molecule has 1 atom stereocenters. The lowest BCUT2D eigenvalue weighted by Crippen LogP contribution is -2.54. The van der Waals surface area contributed by atoms with E-state index in [-0.39, 0.29) is 12.8 Å². The molecule has 0 aromatic rings. The number of hydrogen-bond donors (Lipinski definition) is 4. The third-order valence-corrected chi connectivity index (χ3v) is 1.87. The van der Waals surface area contributed by atoms with Crippen LogP contribution >= 0.6 is 0 Å². The van der Waals surface area contributed by atoms with E-state index < -0.39 is 29.4 Å². The van der Waals surface area contributed by atoms with E-state index in [4.69, 9.17) is 16.6 Å². The molecule has 0 aromatic heterocycles. The summed E-state index contributed by atoms with van der Waals surface area (Å²) in [7, 11) is 0. The zero-order valence-electron chi connectivity index (χ0n) is 9.32. The summed E-state index contributed by atoms with van der Waals surface area (Å²) in [5.41, 5.74) is 9.21. The first-order chi connectivity index (χ1) is 7.14. The molecule has 0 radical (unpaired) electrons. The second-order valence-corrected chi connectivity index (χ2v) is 4.09. The van der Waals surface area contributed by atoms with Gasteiger partial charge in [0.15, 0.2) is 0 Å². The first kappa shape index (κ1) is 14.4. The van der Waals surface area contributed by atoms with Crippen LogP contribution in [0.1, 0.15) is 26.7 Å². The number of carboxylic acids is 1. The fourth-order valence-electron chi connectivity index (χ4n) is 0.888. The summed E-state index contributed by atoms with van der Waals surface area (Å²) in [4.78, 5) is 32.7. The Hall–Kier alpha value is -1.63. The van der Waals surface area contributed by atoms with E-state index in [1.807, 2.05) is 0 Å². The summed E-state index contributed by atoms with van der Waals surface area (Å²) in [6, 6.07) is -1.15. The Balaban J connectivity index is 4.41. The Morgan fingerprint density at radius 3 is 2.19 bits per heavy atom. The molecule has 0 spiro atoms. The van der Waals surface area contributed by atoms with Crippen molar-refractivity contribution in [1.29, 1.82) is 0 Å². The highest BCUT2D eigenvalue weighted by molar-refractivity contribution is 5.89. The van der Waals surface area contributed by atoms with Gasteiger partial charge in [-0.15, -0.1) is 0 Å². The van der Waals surface area contributed by atoms with Gasteiger partial charge < -0.3 is 21.9 Å². The van der Waals surface area contributed by atoms with Gasteiger partial charge in [-0.05, 0) is 20.3 Å². The van der Waals surface area contributed by atoms with Crippen LogP contribution in [0.3, 0.4) is 0 Å². The number of nitrogens with one attached hydrogen (secondary N) is 1. The molecule has 92 valence electrons. The molecule has 0 heterocycles. The predicted molar refractivity (Wildman–Crippen MR) is 56.3 cm³/mol. The first-order valence-electron chi connectivity index (χ1n) is 4.75. The van der Waals surface area contributed by atoms with Crippen molar-refractivity contribution in [1.82, 2.24) is 5.32 Å². The molecule has 7 nitrogen and oxygen atoms in total. The molecule has 0 rings (SSSR count). The van der Waals surface area contributed by atoms with Crippen molar-refractivity contribution in [2.24, 2.45) is 11.5 Å². The number of carbonyl (C=O) groups excluding carboxylic acids is 2. The molecule has 0 bridgehead atoms. The lowest BCUT2D eigenvalue weighted by atomic mass is 10.0. The fraction of sp³-hybridized carbons (Fsp3) is 0.667. The van der Waals surface area contributed by atoms with Crippen LogP contribution < -0.4 is 16.8 Å². The molecule has 0 fully saturated rings. The summed E-state index contributed by atoms with van der Waals surface area (Å²) in [6.07, 6.45) is -0.158. The highest BCUT2D eigenvalue weighted by Gasteiger charge is 2.27.